The van der Waals surface area contributed by atoms with Gasteiger partial charge in [0.05, 0.1) is 13.2 Å². The zero-order valence-corrected chi connectivity index (χ0v) is 29.4. The summed E-state index contributed by atoms with van der Waals surface area (Å²) >= 11 is 0. The number of carboxylic acid groups (broad SMARTS) is 1. The molecule has 3 aromatic rings. The summed E-state index contributed by atoms with van der Waals surface area (Å²) in [6.07, 6.45) is 10.2. The second-order valence-corrected chi connectivity index (χ2v) is 14.4. The highest BCUT2D eigenvalue weighted by molar-refractivity contribution is 5.96. The molecule has 3 aliphatic rings. The first-order valence-corrected chi connectivity index (χ1v) is 17.4. The average Bonchev–Trinajstić information content (AvgIpc) is 3.40. The molecule has 0 unspecified atom stereocenters. The van der Waals surface area contributed by atoms with Crippen LogP contribution in [0.5, 0.6) is 5.75 Å². The van der Waals surface area contributed by atoms with Crippen molar-refractivity contribution >= 4 is 23.9 Å². The Kier molecular flexibility index (Phi) is 10.1. The monoisotopic (exact) mass is 699 g/mol. The molecule has 6 rings (SSSR count). The number of nitrogens with zero attached hydrogens (tertiary/aromatic N) is 5. The third kappa shape index (κ3) is 7.89. The van der Waals surface area contributed by atoms with Crippen molar-refractivity contribution < 1.29 is 33.8 Å². The summed E-state index contributed by atoms with van der Waals surface area (Å²) in [5.74, 6) is -1.83. The van der Waals surface area contributed by atoms with Crippen LogP contribution in [-0.2, 0) is 19.1 Å². The number of hydrogen-bond acceptors (Lipinski definition) is 9. The molecule has 4 heterocycles. The third-order valence-corrected chi connectivity index (χ3v) is 9.58. The van der Waals surface area contributed by atoms with Crippen molar-refractivity contribution in [3.05, 3.63) is 60.9 Å². The highest BCUT2D eigenvalue weighted by Gasteiger charge is 2.61. The van der Waals surface area contributed by atoms with Crippen LogP contribution in [0, 0.1) is 5.92 Å². The van der Waals surface area contributed by atoms with E-state index in [0.717, 1.165) is 30.4 Å². The maximum atomic E-state index is 14.4. The highest BCUT2D eigenvalue weighted by atomic mass is 16.6. The normalized spacial score (nSPS) is 26.1. The van der Waals surface area contributed by atoms with E-state index in [0.29, 0.717) is 30.0 Å². The maximum absolute atomic E-state index is 14.4. The van der Waals surface area contributed by atoms with E-state index >= 15 is 0 Å². The van der Waals surface area contributed by atoms with E-state index < -0.39 is 53.1 Å². The molecule has 14 nitrogen and oxygen atoms in total. The summed E-state index contributed by atoms with van der Waals surface area (Å²) in [6, 6.07) is 8.52. The summed E-state index contributed by atoms with van der Waals surface area (Å²) in [6.45, 7) is 5.27. The zero-order chi connectivity index (χ0) is 36.3. The topological polar surface area (TPSA) is 178 Å². The predicted molar refractivity (Wildman–Crippen MR) is 186 cm³/mol. The lowest BCUT2D eigenvalue weighted by Gasteiger charge is -2.30. The van der Waals surface area contributed by atoms with Crippen molar-refractivity contribution in [2.45, 2.75) is 95.0 Å². The smallest absolute Gasteiger partial charge is 0.408 e. The van der Waals surface area contributed by atoms with E-state index in [2.05, 4.69) is 15.6 Å². The van der Waals surface area contributed by atoms with Crippen molar-refractivity contribution in [3.63, 3.8) is 0 Å². The van der Waals surface area contributed by atoms with Gasteiger partial charge in [0.2, 0.25) is 11.8 Å². The number of carboxylic acids is 1. The van der Waals surface area contributed by atoms with Gasteiger partial charge in [0, 0.05) is 42.4 Å². The molecule has 270 valence electrons. The number of fused-ring (bicyclic) bond motifs is 2. The van der Waals surface area contributed by atoms with Gasteiger partial charge in [-0.3, -0.25) is 14.6 Å². The molecular weight excluding hydrogens is 654 g/mol. The molecule has 2 aliphatic heterocycles. The Morgan fingerprint density at radius 3 is 2.45 bits per heavy atom. The first-order chi connectivity index (χ1) is 24.4. The summed E-state index contributed by atoms with van der Waals surface area (Å²) in [4.78, 5) is 61.3. The number of pyridine rings is 1. The molecule has 1 saturated heterocycles. The number of benzene rings is 1. The second-order valence-electron chi connectivity index (χ2n) is 14.4. The molecule has 3 N–H and O–H groups in total. The molecule has 0 radical (unpaired) electrons. The minimum Gasteiger partial charge on any atom is -0.497 e. The number of hydrogen-bond donors (Lipinski definition) is 3. The molecule has 3 amide bonds. The molecule has 1 aromatic carbocycles. The van der Waals surface area contributed by atoms with E-state index in [1.807, 2.05) is 42.5 Å². The summed E-state index contributed by atoms with van der Waals surface area (Å²) in [5.41, 5.74) is 0.414. The number of carbonyl (C=O) groups excluding carboxylic acids is 3. The number of allylic oxidation sites excluding steroid dienone is 1. The Hall–Kier alpha value is -5.27. The summed E-state index contributed by atoms with van der Waals surface area (Å²) in [5, 5.41) is 25.6. The van der Waals surface area contributed by atoms with E-state index in [1.54, 1.807) is 46.3 Å². The second kappa shape index (κ2) is 14.5. The van der Waals surface area contributed by atoms with Crippen LogP contribution in [0.3, 0.4) is 0 Å². The van der Waals surface area contributed by atoms with Crippen molar-refractivity contribution in [2.24, 2.45) is 5.92 Å². The van der Waals surface area contributed by atoms with Crippen LogP contribution >= 0.6 is 0 Å². The number of rotatable bonds is 6. The molecule has 1 saturated carbocycles. The van der Waals surface area contributed by atoms with Gasteiger partial charge in [0.25, 0.3) is 0 Å². The lowest BCUT2D eigenvalue weighted by atomic mass is 10.0. The first-order valence-electron chi connectivity index (χ1n) is 17.4. The summed E-state index contributed by atoms with van der Waals surface area (Å²) < 4.78 is 10.8. The lowest BCUT2D eigenvalue weighted by Crippen LogP contribution is -2.56. The number of aromatic nitrogens is 4. The van der Waals surface area contributed by atoms with Crippen LogP contribution in [0.2, 0.25) is 0 Å². The van der Waals surface area contributed by atoms with Gasteiger partial charge in [-0.1, -0.05) is 25.0 Å². The Morgan fingerprint density at radius 1 is 1.04 bits per heavy atom. The van der Waals surface area contributed by atoms with Crippen molar-refractivity contribution in [3.8, 4) is 28.3 Å². The van der Waals surface area contributed by atoms with Gasteiger partial charge >= 0.3 is 12.1 Å². The van der Waals surface area contributed by atoms with E-state index in [4.69, 9.17) is 19.7 Å². The van der Waals surface area contributed by atoms with Crippen molar-refractivity contribution in [1.82, 2.24) is 35.5 Å². The number of amides is 3. The number of ether oxygens (including phenoxy) is 2. The van der Waals surface area contributed by atoms with Gasteiger partial charge in [0.15, 0.2) is 0 Å². The average molecular weight is 700 g/mol. The Morgan fingerprint density at radius 2 is 1.78 bits per heavy atom. The van der Waals surface area contributed by atoms with E-state index in [1.165, 1.54) is 9.70 Å². The van der Waals surface area contributed by atoms with Gasteiger partial charge in [0.1, 0.15) is 40.4 Å². The molecule has 51 heavy (non-hydrogen) atoms. The zero-order valence-electron chi connectivity index (χ0n) is 29.4. The molecular formula is C37H45N7O7. The SMILES string of the molecule is COc1ccc(-c2nn([C@H]3C[C@H]4C(=O)N[C@]5(C(=O)O)C[C@@H]5/C=C\CCCCC[C@H](NC(=O)OC(C)(C)C)C(=O)N4C3)nc2-c2cccnc2)cc1. The Balaban J connectivity index is 1.37. The third-order valence-electron chi connectivity index (χ3n) is 9.58. The van der Waals surface area contributed by atoms with Gasteiger partial charge in [-0.05, 0) is 82.9 Å². The molecule has 14 heteroatoms. The number of aliphatic carboxylic acids is 1. The van der Waals surface area contributed by atoms with Crippen LogP contribution in [0.4, 0.5) is 4.79 Å². The van der Waals surface area contributed by atoms with Gasteiger partial charge in [-0.2, -0.15) is 15.0 Å². The van der Waals surface area contributed by atoms with Crippen LogP contribution < -0.4 is 15.4 Å². The van der Waals surface area contributed by atoms with E-state index in [9.17, 15) is 24.3 Å². The predicted octanol–water partition coefficient (Wildman–Crippen LogP) is 4.53. The Bertz CT molecular complexity index is 1790. The minimum absolute atomic E-state index is 0.0516. The number of nitrogens with one attached hydrogen (secondary N) is 2. The lowest BCUT2D eigenvalue weighted by molar-refractivity contribution is -0.145. The van der Waals surface area contributed by atoms with Crippen molar-refractivity contribution in [2.75, 3.05) is 13.7 Å². The quantitative estimate of drug-likeness (QED) is 0.310. The van der Waals surface area contributed by atoms with Crippen LogP contribution in [0.25, 0.3) is 22.5 Å². The fraction of sp³-hybridized carbons (Fsp3) is 0.486. The fourth-order valence-electron chi connectivity index (χ4n) is 6.82. The largest absolute Gasteiger partial charge is 0.497 e. The molecule has 0 bridgehead atoms. The van der Waals surface area contributed by atoms with Crippen LogP contribution in [0.1, 0.15) is 71.8 Å². The maximum Gasteiger partial charge on any atom is 0.408 e. The molecule has 2 fully saturated rings. The van der Waals surface area contributed by atoms with Crippen LogP contribution in [0.15, 0.2) is 60.9 Å². The standard InChI is InChI=1S/C37H45N7O7/c1-36(2,3)51-35(49)39-28-13-9-7-5-6-8-12-25-20-37(25,34(47)48)40-32(45)29-19-26(22-43(29)33(28)46)44-41-30(23-14-16-27(50-4)17-15-23)31(42-44)24-11-10-18-38-21-24/h8,10-12,14-18,21,25-26,28-29H,5-7,9,13,19-20,22H2,1-4H3,(H,39,49)(H,40,45)(H,47,48)/b12-8-/t25-,26-,28-,29-,37+/m0/s1. The van der Waals surface area contributed by atoms with Gasteiger partial charge in [-0.25, -0.2) is 9.59 Å². The fourth-order valence-corrected chi connectivity index (χ4v) is 6.82. The van der Waals surface area contributed by atoms with Gasteiger partial charge < -0.3 is 30.1 Å². The minimum atomic E-state index is -1.45. The highest BCUT2D eigenvalue weighted by Crippen LogP contribution is 2.45. The van der Waals surface area contributed by atoms with Gasteiger partial charge in [-0.15, -0.1) is 0 Å². The molecule has 5 atom stereocenters. The Labute approximate surface area is 296 Å². The molecule has 1 aliphatic carbocycles. The number of methoxy groups -OCH3 is 1. The summed E-state index contributed by atoms with van der Waals surface area (Å²) in [7, 11) is 1.59. The first kappa shape index (κ1) is 35.6. The van der Waals surface area contributed by atoms with E-state index in [-0.39, 0.29) is 25.3 Å². The number of carbonyl (C=O) groups is 4. The number of alkyl carbamates (subject to hydrolysis) is 1. The molecule has 0 spiro atoms. The van der Waals surface area contributed by atoms with Crippen LogP contribution in [-0.4, -0.2) is 90.7 Å². The molecule has 2 aromatic heterocycles. The van der Waals surface area contributed by atoms with Crippen molar-refractivity contribution in [1.29, 1.82) is 0 Å².